The molecule has 0 heterocycles. The summed E-state index contributed by atoms with van der Waals surface area (Å²) < 4.78 is 27.3. The van der Waals surface area contributed by atoms with Gasteiger partial charge in [0.15, 0.2) is 0 Å². The van der Waals surface area contributed by atoms with E-state index in [1.54, 1.807) is 28.6 Å². The van der Waals surface area contributed by atoms with Crippen LogP contribution in [0.3, 0.4) is 0 Å². The minimum absolute atomic E-state index is 0.0573. The number of nitrogens with zero attached hydrogens (tertiary/aromatic N) is 1. The Kier molecular flexibility index (Phi) is 9.14. The van der Waals surface area contributed by atoms with Crippen LogP contribution in [0.1, 0.15) is 59.8 Å². The Labute approximate surface area is 152 Å². The molecule has 1 amide bonds. The van der Waals surface area contributed by atoms with Crippen molar-refractivity contribution in [1.82, 2.24) is 4.31 Å². The number of carbonyl (C=O) groups excluding carboxylic acids is 1. The van der Waals surface area contributed by atoms with Crippen LogP contribution in [0.2, 0.25) is 0 Å². The molecule has 0 spiro atoms. The van der Waals surface area contributed by atoms with Gasteiger partial charge >= 0.3 is 0 Å². The highest BCUT2D eigenvalue weighted by Crippen LogP contribution is 2.20. The van der Waals surface area contributed by atoms with E-state index in [0.29, 0.717) is 25.2 Å². The maximum absolute atomic E-state index is 12.9. The predicted molar refractivity (Wildman–Crippen MR) is 103 cm³/mol. The molecule has 0 bridgehead atoms. The summed E-state index contributed by atoms with van der Waals surface area (Å²) in [5, 5.41) is 2.80. The molecule has 0 atom stereocenters. The first-order valence-corrected chi connectivity index (χ1v) is 10.6. The second-order valence-electron chi connectivity index (χ2n) is 6.78. The molecule has 1 rings (SSSR count). The molecule has 142 valence electrons. The molecule has 0 aliphatic heterocycles. The summed E-state index contributed by atoms with van der Waals surface area (Å²) in [4.78, 5) is 12.1. The van der Waals surface area contributed by atoms with Crippen LogP contribution < -0.4 is 5.32 Å². The van der Waals surface area contributed by atoms with Gasteiger partial charge in [0, 0.05) is 25.2 Å². The SMILES string of the molecule is CCCCN(CCCC)S(=O)(=O)c1ccc(NC(=O)CC(C)C)cc1. The number of benzene rings is 1. The second kappa shape index (κ2) is 10.6. The molecule has 0 aliphatic carbocycles. The van der Waals surface area contributed by atoms with Gasteiger partial charge in [-0.1, -0.05) is 40.5 Å². The molecule has 0 radical (unpaired) electrons. The van der Waals surface area contributed by atoms with E-state index < -0.39 is 10.0 Å². The number of rotatable bonds is 11. The summed E-state index contributed by atoms with van der Waals surface area (Å²) in [5.74, 6) is 0.225. The van der Waals surface area contributed by atoms with Crippen LogP contribution in [0.15, 0.2) is 29.2 Å². The first-order chi connectivity index (χ1) is 11.8. The van der Waals surface area contributed by atoms with Gasteiger partial charge < -0.3 is 5.32 Å². The van der Waals surface area contributed by atoms with Gasteiger partial charge in [0.25, 0.3) is 0 Å². The van der Waals surface area contributed by atoms with Gasteiger partial charge in [0.1, 0.15) is 0 Å². The number of hydrogen-bond donors (Lipinski definition) is 1. The molecule has 0 aromatic heterocycles. The van der Waals surface area contributed by atoms with Crippen molar-refractivity contribution in [2.75, 3.05) is 18.4 Å². The van der Waals surface area contributed by atoms with Crippen LogP contribution >= 0.6 is 0 Å². The Morgan fingerprint density at radius 3 is 2.00 bits per heavy atom. The molecule has 0 unspecified atom stereocenters. The van der Waals surface area contributed by atoms with Crippen molar-refractivity contribution in [3.05, 3.63) is 24.3 Å². The van der Waals surface area contributed by atoms with Crippen molar-refractivity contribution >= 4 is 21.6 Å². The van der Waals surface area contributed by atoms with Crippen molar-refractivity contribution in [3.8, 4) is 0 Å². The summed E-state index contributed by atoms with van der Waals surface area (Å²) in [5.41, 5.74) is 0.623. The summed E-state index contributed by atoms with van der Waals surface area (Å²) in [7, 11) is -3.49. The zero-order valence-electron chi connectivity index (χ0n) is 15.9. The lowest BCUT2D eigenvalue weighted by molar-refractivity contribution is -0.116. The highest BCUT2D eigenvalue weighted by Gasteiger charge is 2.23. The Morgan fingerprint density at radius 1 is 1.04 bits per heavy atom. The zero-order valence-corrected chi connectivity index (χ0v) is 16.7. The van der Waals surface area contributed by atoms with E-state index in [1.165, 1.54) is 0 Å². The molecule has 1 aromatic rings. The fourth-order valence-corrected chi connectivity index (χ4v) is 3.98. The molecule has 0 aliphatic rings. The zero-order chi connectivity index (χ0) is 18.9. The topological polar surface area (TPSA) is 66.5 Å². The third-order valence-corrected chi connectivity index (χ3v) is 5.80. The Morgan fingerprint density at radius 2 is 1.56 bits per heavy atom. The molecule has 0 saturated carbocycles. The van der Waals surface area contributed by atoms with Gasteiger partial charge in [-0.15, -0.1) is 0 Å². The van der Waals surface area contributed by atoms with Gasteiger partial charge in [-0.3, -0.25) is 4.79 Å². The van der Waals surface area contributed by atoms with Gasteiger partial charge in [-0.25, -0.2) is 8.42 Å². The van der Waals surface area contributed by atoms with Gasteiger partial charge in [-0.2, -0.15) is 4.31 Å². The van der Waals surface area contributed by atoms with Crippen molar-refractivity contribution in [2.45, 2.75) is 64.7 Å². The minimum atomic E-state index is -3.49. The highest BCUT2D eigenvalue weighted by atomic mass is 32.2. The normalized spacial score (nSPS) is 11.9. The fourth-order valence-electron chi connectivity index (χ4n) is 2.46. The number of hydrogen-bond acceptors (Lipinski definition) is 3. The molecule has 25 heavy (non-hydrogen) atoms. The van der Waals surface area contributed by atoms with Crippen LogP contribution in [0.25, 0.3) is 0 Å². The summed E-state index contributed by atoms with van der Waals surface area (Å²) in [6, 6.07) is 6.46. The monoisotopic (exact) mass is 368 g/mol. The lowest BCUT2D eigenvalue weighted by Crippen LogP contribution is -2.33. The van der Waals surface area contributed by atoms with E-state index in [9.17, 15) is 13.2 Å². The molecule has 1 N–H and O–H groups in total. The quantitative estimate of drug-likeness (QED) is 0.634. The van der Waals surface area contributed by atoms with Crippen LogP contribution in [0, 0.1) is 5.92 Å². The second-order valence-corrected chi connectivity index (χ2v) is 8.72. The number of carbonyl (C=O) groups is 1. The third kappa shape index (κ3) is 7.16. The number of unbranched alkanes of at least 4 members (excludes halogenated alkanes) is 2. The smallest absolute Gasteiger partial charge is 0.243 e. The van der Waals surface area contributed by atoms with E-state index in [0.717, 1.165) is 25.7 Å². The average Bonchev–Trinajstić information content (AvgIpc) is 2.54. The van der Waals surface area contributed by atoms with Crippen LogP contribution in [0.4, 0.5) is 5.69 Å². The number of sulfonamides is 1. The van der Waals surface area contributed by atoms with E-state index in [4.69, 9.17) is 0 Å². The summed E-state index contributed by atoms with van der Waals surface area (Å²) >= 11 is 0. The van der Waals surface area contributed by atoms with Crippen molar-refractivity contribution in [1.29, 1.82) is 0 Å². The minimum Gasteiger partial charge on any atom is -0.326 e. The Balaban J connectivity index is 2.87. The van der Waals surface area contributed by atoms with Gasteiger partial charge in [0.2, 0.25) is 15.9 Å². The maximum atomic E-state index is 12.9. The third-order valence-electron chi connectivity index (χ3n) is 3.89. The largest absolute Gasteiger partial charge is 0.326 e. The maximum Gasteiger partial charge on any atom is 0.243 e. The average molecular weight is 369 g/mol. The first kappa shape index (κ1) is 21.6. The van der Waals surface area contributed by atoms with Crippen LogP contribution in [-0.4, -0.2) is 31.7 Å². The van der Waals surface area contributed by atoms with Crippen molar-refractivity contribution < 1.29 is 13.2 Å². The molecule has 0 saturated heterocycles. The fraction of sp³-hybridized carbons (Fsp3) is 0.632. The molecule has 1 aromatic carbocycles. The molecular formula is C19H32N2O3S. The van der Waals surface area contributed by atoms with E-state index in [1.807, 2.05) is 13.8 Å². The number of amides is 1. The van der Waals surface area contributed by atoms with E-state index >= 15 is 0 Å². The van der Waals surface area contributed by atoms with Crippen molar-refractivity contribution in [3.63, 3.8) is 0 Å². The summed E-state index contributed by atoms with van der Waals surface area (Å²) in [6.07, 6.45) is 4.07. The predicted octanol–water partition coefficient (Wildman–Crippen LogP) is 4.26. The van der Waals surface area contributed by atoms with E-state index in [2.05, 4.69) is 19.2 Å². The molecule has 5 nitrogen and oxygen atoms in total. The lowest BCUT2D eigenvalue weighted by atomic mass is 10.1. The lowest BCUT2D eigenvalue weighted by Gasteiger charge is -2.22. The van der Waals surface area contributed by atoms with Gasteiger partial charge in [-0.05, 0) is 43.0 Å². The molecular weight excluding hydrogens is 336 g/mol. The van der Waals surface area contributed by atoms with Gasteiger partial charge in [0.05, 0.1) is 4.90 Å². The van der Waals surface area contributed by atoms with Crippen LogP contribution in [-0.2, 0) is 14.8 Å². The first-order valence-electron chi connectivity index (χ1n) is 9.21. The van der Waals surface area contributed by atoms with E-state index in [-0.39, 0.29) is 16.7 Å². The highest BCUT2D eigenvalue weighted by molar-refractivity contribution is 7.89. The Bertz CT molecular complexity index is 617. The van der Waals surface area contributed by atoms with Crippen LogP contribution in [0.5, 0.6) is 0 Å². The molecule has 6 heteroatoms. The number of anilines is 1. The molecule has 0 fully saturated rings. The summed E-state index contributed by atoms with van der Waals surface area (Å²) in [6.45, 7) is 9.17. The Hall–Kier alpha value is -1.40. The standard InChI is InChI=1S/C19H32N2O3S/c1-5-7-13-21(14-8-6-2)25(23,24)18-11-9-17(10-12-18)20-19(22)15-16(3)4/h9-12,16H,5-8,13-15H2,1-4H3,(H,20,22). The van der Waals surface area contributed by atoms with Crippen molar-refractivity contribution in [2.24, 2.45) is 5.92 Å². The number of nitrogens with one attached hydrogen (secondary N) is 1.